The number of ether oxygens (including phenoxy) is 1. The van der Waals surface area contributed by atoms with Gasteiger partial charge >= 0.3 is 5.97 Å². The van der Waals surface area contributed by atoms with Crippen molar-refractivity contribution < 1.29 is 22.7 Å². The van der Waals surface area contributed by atoms with E-state index in [0.29, 0.717) is 13.1 Å². The summed E-state index contributed by atoms with van der Waals surface area (Å²) in [5.41, 5.74) is -0.0775. The highest BCUT2D eigenvalue weighted by Crippen LogP contribution is 2.25. The number of hydrogen-bond donors (Lipinski definition) is 0. The summed E-state index contributed by atoms with van der Waals surface area (Å²) in [4.78, 5) is 24.9. The standard InChI is InChI=1S/C16H21ClN2O5S/c1-18(2)15(20)11-24-16(21)13-10-12(6-7-14(13)17)25(22,23)19-8-4-3-5-9-19/h6-7,10H,3-5,8-9,11H2,1-2H3. The zero-order chi connectivity index (χ0) is 18.6. The molecule has 0 N–H and O–H groups in total. The fourth-order valence-electron chi connectivity index (χ4n) is 2.41. The molecule has 1 aliphatic rings. The van der Waals surface area contributed by atoms with Crippen molar-refractivity contribution in [2.45, 2.75) is 24.2 Å². The molecule has 1 heterocycles. The molecule has 7 nitrogen and oxygen atoms in total. The Morgan fingerprint density at radius 1 is 1.20 bits per heavy atom. The normalized spacial score (nSPS) is 15.6. The van der Waals surface area contributed by atoms with E-state index in [2.05, 4.69) is 0 Å². The summed E-state index contributed by atoms with van der Waals surface area (Å²) in [5.74, 6) is -1.22. The molecule has 1 saturated heterocycles. The second-order valence-corrected chi connectivity index (χ2v) is 8.32. The highest BCUT2D eigenvalue weighted by molar-refractivity contribution is 7.89. The lowest BCUT2D eigenvalue weighted by atomic mass is 10.2. The molecule has 1 aliphatic heterocycles. The largest absolute Gasteiger partial charge is 0.452 e. The Balaban J connectivity index is 2.22. The third kappa shape index (κ3) is 4.71. The number of hydrogen-bond acceptors (Lipinski definition) is 5. The fourth-order valence-corrected chi connectivity index (χ4v) is 4.15. The lowest BCUT2D eigenvalue weighted by Gasteiger charge is -2.26. The smallest absolute Gasteiger partial charge is 0.340 e. The minimum atomic E-state index is -3.69. The van der Waals surface area contributed by atoms with Crippen LogP contribution in [0.25, 0.3) is 0 Å². The van der Waals surface area contributed by atoms with Gasteiger partial charge in [-0.15, -0.1) is 0 Å². The Kier molecular flexibility index (Phi) is 6.42. The van der Waals surface area contributed by atoms with E-state index in [1.54, 1.807) is 0 Å². The van der Waals surface area contributed by atoms with Crippen LogP contribution in [-0.2, 0) is 19.6 Å². The van der Waals surface area contributed by atoms with Gasteiger partial charge < -0.3 is 9.64 Å². The topological polar surface area (TPSA) is 84.0 Å². The molecule has 0 unspecified atom stereocenters. The van der Waals surface area contributed by atoms with Crippen molar-refractivity contribution in [2.24, 2.45) is 0 Å². The number of rotatable bonds is 5. The Labute approximate surface area is 152 Å². The van der Waals surface area contributed by atoms with E-state index in [1.165, 1.54) is 41.5 Å². The molecule has 0 bridgehead atoms. The summed E-state index contributed by atoms with van der Waals surface area (Å²) in [7, 11) is -0.614. The summed E-state index contributed by atoms with van der Waals surface area (Å²) in [6, 6.07) is 3.92. The minimum absolute atomic E-state index is 0.00955. The summed E-state index contributed by atoms with van der Waals surface area (Å²) in [5, 5.41) is 0.0693. The number of amides is 1. The van der Waals surface area contributed by atoms with Crippen molar-refractivity contribution in [3.05, 3.63) is 28.8 Å². The first-order valence-electron chi connectivity index (χ1n) is 7.90. The number of halogens is 1. The van der Waals surface area contributed by atoms with Crippen LogP contribution in [0.2, 0.25) is 5.02 Å². The number of nitrogens with zero attached hydrogens (tertiary/aromatic N) is 2. The second kappa shape index (κ2) is 8.16. The van der Waals surface area contributed by atoms with Gasteiger partial charge in [0.15, 0.2) is 6.61 Å². The summed E-state index contributed by atoms with van der Waals surface area (Å²) < 4.78 is 31.7. The van der Waals surface area contributed by atoms with Gasteiger partial charge in [-0.05, 0) is 31.0 Å². The summed E-state index contributed by atoms with van der Waals surface area (Å²) >= 11 is 6.00. The Bertz CT molecular complexity index is 758. The van der Waals surface area contributed by atoms with Gasteiger partial charge in [0.1, 0.15) is 0 Å². The average Bonchev–Trinajstić information content (AvgIpc) is 2.60. The second-order valence-electron chi connectivity index (χ2n) is 5.97. The molecule has 0 spiro atoms. The molecule has 25 heavy (non-hydrogen) atoms. The first-order valence-corrected chi connectivity index (χ1v) is 9.72. The van der Waals surface area contributed by atoms with Crippen LogP contribution in [0.1, 0.15) is 29.6 Å². The number of likely N-dealkylation sites (N-methyl/N-ethyl adjacent to an activating group) is 1. The van der Waals surface area contributed by atoms with Crippen LogP contribution in [0.5, 0.6) is 0 Å². The maximum Gasteiger partial charge on any atom is 0.340 e. The molecular formula is C16H21ClN2O5S. The Morgan fingerprint density at radius 2 is 1.84 bits per heavy atom. The van der Waals surface area contributed by atoms with Gasteiger partial charge in [0.05, 0.1) is 15.5 Å². The summed E-state index contributed by atoms with van der Waals surface area (Å²) in [6.45, 7) is 0.482. The number of esters is 1. The van der Waals surface area contributed by atoms with Crippen molar-refractivity contribution in [1.29, 1.82) is 0 Å². The van der Waals surface area contributed by atoms with Crippen molar-refractivity contribution in [2.75, 3.05) is 33.8 Å². The van der Waals surface area contributed by atoms with Gasteiger partial charge in [-0.3, -0.25) is 4.79 Å². The van der Waals surface area contributed by atoms with E-state index in [0.717, 1.165) is 19.3 Å². The predicted octanol–water partition coefficient (Wildman–Crippen LogP) is 1.76. The van der Waals surface area contributed by atoms with Crippen molar-refractivity contribution >= 4 is 33.5 Å². The maximum atomic E-state index is 12.7. The molecule has 9 heteroatoms. The molecule has 2 rings (SSSR count). The number of carbonyl (C=O) groups is 2. The molecule has 0 aliphatic carbocycles. The Morgan fingerprint density at radius 3 is 2.44 bits per heavy atom. The van der Waals surface area contributed by atoms with Gasteiger partial charge in [0, 0.05) is 27.2 Å². The predicted molar refractivity (Wildman–Crippen MR) is 93.0 cm³/mol. The fraction of sp³-hybridized carbons (Fsp3) is 0.500. The molecule has 1 amide bonds. The van der Waals surface area contributed by atoms with Gasteiger partial charge in [-0.2, -0.15) is 4.31 Å². The van der Waals surface area contributed by atoms with E-state index >= 15 is 0 Å². The lowest BCUT2D eigenvalue weighted by molar-refractivity contribution is -0.131. The molecule has 1 aromatic rings. The third-order valence-corrected chi connectivity index (χ3v) is 6.16. The van der Waals surface area contributed by atoms with Gasteiger partial charge in [-0.25, -0.2) is 13.2 Å². The molecule has 0 saturated carbocycles. The molecular weight excluding hydrogens is 368 g/mol. The zero-order valence-corrected chi connectivity index (χ0v) is 15.8. The van der Waals surface area contributed by atoms with Crippen LogP contribution in [-0.4, -0.2) is 63.3 Å². The van der Waals surface area contributed by atoms with Gasteiger partial charge in [-0.1, -0.05) is 18.0 Å². The monoisotopic (exact) mass is 388 g/mol. The molecule has 138 valence electrons. The quantitative estimate of drug-likeness (QED) is 0.717. The van der Waals surface area contributed by atoms with Gasteiger partial charge in [0.2, 0.25) is 10.0 Å². The van der Waals surface area contributed by atoms with Gasteiger partial charge in [0.25, 0.3) is 5.91 Å². The first-order chi connectivity index (χ1) is 11.7. The van der Waals surface area contributed by atoms with E-state index in [4.69, 9.17) is 16.3 Å². The SMILES string of the molecule is CN(C)C(=O)COC(=O)c1cc(S(=O)(=O)N2CCCCC2)ccc1Cl. The third-order valence-electron chi connectivity index (χ3n) is 3.94. The number of carbonyl (C=O) groups excluding carboxylic acids is 2. The molecule has 1 aromatic carbocycles. The van der Waals surface area contributed by atoms with Crippen LogP contribution < -0.4 is 0 Å². The summed E-state index contributed by atoms with van der Waals surface area (Å²) in [6.07, 6.45) is 2.63. The van der Waals surface area contributed by atoms with E-state index in [-0.39, 0.29) is 21.4 Å². The van der Waals surface area contributed by atoms with Crippen LogP contribution in [0.3, 0.4) is 0 Å². The molecule has 0 atom stereocenters. The molecule has 0 radical (unpaired) electrons. The number of benzene rings is 1. The van der Waals surface area contributed by atoms with Crippen LogP contribution >= 0.6 is 11.6 Å². The molecule has 0 aromatic heterocycles. The van der Waals surface area contributed by atoms with Crippen LogP contribution in [0.15, 0.2) is 23.1 Å². The number of sulfonamides is 1. The molecule has 1 fully saturated rings. The van der Waals surface area contributed by atoms with Crippen molar-refractivity contribution in [1.82, 2.24) is 9.21 Å². The zero-order valence-electron chi connectivity index (χ0n) is 14.2. The first kappa shape index (κ1) is 19.7. The van der Waals surface area contributed by atoms with Crippen LogP contribution in [0.4, 0.5) is 0 Å². The van der Waals surface area contributed by atoms with Crippen molar-refractivity contribution in [3.63, 3.8) is 0 Å². The lowest BCUT2D eigenvalue weighted by Crippen LogP contribution is -2.35. The van der Waals surface area contributed by atoms with E-state index in [9.17, 15) is 18.0 Å². The van der Waals surface area contributed by atoms with E-state index in [1.807, 2.05) is 0 Å². The highest BCUT2D eigenvalue weighted by Gasteiger charge is 2.27. The maximum absolute atomic E-state index is 12.7. The average molecular weight is 389 g/mol. The minimum Gasteiger partial charge on any atom is -0.452 e. The Hall–Kier alpha value is -1.64. The highest BCUT2D eigenvalue weighted by atomic mass is 35.5. The number of piperidine rings is 1. The van der Waals surface area contributed by atoms with Crippen LogP contribution in [0, 0.1) is 0 Å². The van der Waals surface area contributed by atoms with E-state index < -0.39 is 22.6 Å². The van der Waals surface area contributed by atoms with Crippen molar-refractivity contribution in [3.8, 4) is 0 Å².